The first kappa shape index (κ1) is 11.1. The van der Waals surface area contributed by atoms with Gasteiger partial charge in [-0.2, -0.15) is 0 Å². The summed E-state index contributed by atoms with van der Waals surface area (Å²) in [5, 5.41) is 0. The lowest BCUT2D eigenvalue weighted by atomic mass is 9.93. The third-order valence-corrected chi connectivity index (χ3v) is 3.32. The zero-order chi connectivity index (χ0) is 12.4. The van der Waals surface area contributed by atoms with Crippen molar-refractivity contribution < 1.29 is 4.74 Å². The molecule has 3 rings (SSSR count). The van der Waals surface area contributed by atoms with Crippen molar-refractivity contribution in [1.29, 1.82) is 0 Å². The molecule has 0 aromatic heterocycles. The fourth-order valence-corrected chi connectivity index (χ4v) is 2.41. The predicted octanol–water partition coefficient (Wildman–Crippen LogP) is 4.04. The molecule has 0 amide bonds. The monoisotopic (exact) mass is 236 g/mol. The average molecular weight is 236 g/mol. The Morgan fingerprint density at radius 1 is 0.944 bits per heavy atom. The van der Waals surface area contributed by atoms with Crippen LogP contribution in [0.1, 0.15) is 23.6 Å². The van der Waals surface area contributed by atoms with Crippen LogP contribution >= 0.6 is 0 Å². The van der Waals surface area contributed by atoms with Crippen LogP contribution < -0.4 is 0 Å². The van der Waals surface area contributed by atoms with Crippen molar-refractivity contribution in [2.45, 2.75) is 19.4 Å². The first-order valence-corrected chi connectivity index (χ1v) is 6.34. The van der Waals surface area contributed by atoms with E-state index in [2.05, 4.69) is 55.5 Å². The van der Waals surface area contributed by atoms with Gasteiger partial charge in [0.05, 0.1) is 12.4 Å². The number of benzene rings is 2. The van der Waals surface area contributed by atoms with Gasteiger partial charge in [-0.25, -0.2) is 0 Å². The van der Waals surface area contributed by atoms with E-state index < -0.39 is 0 Å². The topological polar surface area (TPSA) is 9.23 Å². The molecule has 2 aromatic rings. The smallest absolute Gasteiger partial charge is 0.0991 e. The van der Waals surface area contributed by atoms with E-state index in [-0.39, 0.29) is 6.10 Å². The van der Waals surface area contributed by atoms with Gasteiger partial charge in [-0.05, 0) is 23.6 Å². The minimum Gasteiger partial charge on any atom is -0.497 e. The molecule has 1 aliphatic rings. The summed E-state index contributed by atoms with van der Waals surface area (Å²) in [4.78, 5) is 0. The van der Waals surface area contributed by atoms with Gasteiger partial charge in [0.2, 0.25) is 0 Å². The Bertz CT molecular complexity index is 569. The third kappa shape index (κ3) is 2.04. The van der Waals surface area contributed by atoms with Crippen molar-refractivity contribution in [1.82, 2.24) is 0 Å². The normalized spacial score (nSPS) is 18.3. The lowest BCUT2D eigenvalue weighted by molar-refractivity contribution is 0.165. The molecule has 18 heavy (non-hydrogen) atoms. The molecule has 1 heterocycles. The van der Waals surface area contributed by atoms with Crippen molar-refractivity contribution in [3.05, 3.63) is 77.5 Å². The maximum absolute atomic E-state index is 5.79. The van der Waals surface area contributed by atoms with Crippen molar-refractivity contribution >= 4 is 5.57 Å². The summed E-state index contributed by atoms with van der Waals surface area (Å²) >= 11 is 0. The molecule has 90 valence electrons. The van der Waals surface area contributed by atoms with E-state index in [9.17, 15) is 0 Å². The average Bonchev–Trinajstić information content (AvgIpc) is 2.58. The lowest BCUT2D eigenvalue weighted by Gasteiger charge is -2.09. The van der Waals surface area contributed by atoms with Crippen molar-refractivity contribution in [3.63, 3.8) is 0 Å². The zero-order valence-electron chi connectivity index (χ0n) is 10.5. The minimum absolute atomic E-state index is 0.229. The third-order valence-electron chi connectivity index (χ3n) is 3.32. The Balaban J connectivity index is 2.14. The maximum Gasteiger partial charge on any atom is 0.0991 e. The molecule has 0 spiro atoms. The fourth-order valence-electron chi connectivity index (χ4n) is 2.41. The number of rotatable bonds is 1. The molecule has 0 N–H and O–H groups in total. The summed E-state index contributed by atoms with van der Waals surface area (Å²) in [5.41, 5.74) is 5.03. The second-order valence-corrected chi connectivity index (χ2v) is 4.71. The van der Waals surface area contributed by atoms with Crippen molar-refractivity contribution in [2.75, 3.05) is 0 Å². The second kappa shape index (κ2) is 4.69. The Morgan fingerprint density at radius 3 is 2.50 bits per heavy atom. The highest BCUT2D eigenvalue weighted by atomic mass is 16.5. The predicted molar refractivity (Wildman–Crippen MR) is 74.2 cm³/mol. The summed E-state index contributed by atoms with van der Waals surface area (Å²) in [6.45, 7) is 2.11. The van der Waals surface area contributed by atoms with Gasteiger partial charge in [0.25, 0.3) is 0 Å². The number of fused-ring (bicyclic) bond motifs is 1. The van der Waals surface area contributed by atoms with Crippen LogP contribution in [0.5, 0.6) is 0 Å². The summed E-state index contributed by atoms with van der Waals surface area (Å²) in [6.07, 6.45) is 3.10. The van der Waals surface area contributed by atoms with Gasteiger partial charge in [0.15, 0.2) is 0 Å². The van der Waals surface area contributed by atoms with Crippen molar-refractivity contribution in [2.24, 2.45) is 0 Å². The first-order valence-electron chi connectivity index (χ1n) is 6.34. The molecule has 0 aliphatic carbocycles. The Kier molecular flexibility index (Phi) is 2.89. The van der Waals surface area contributed by atoms with Gasteiger partial charge in [-0.1, -0.05) is 54.6 Å². The molecule has 1 aliphatic heterocycles. The molecule has 1 nitrogen and oxygen atoms in total. The highest BCUT2D eigenvalue weighted by Gasteiger charge is 2.16. The van der Waals surface area contributed by atoms with E-state index in [1.165, 1.54) is 22.3 Å². The minimum atomic E-state index is 0.229. The second-order valence-electron chi connectivity index (χ2n) is 4.71. The van der Waals surface area contributed by atoms with Crippen LogP contribution in [0, 0.1) is 0 Å². The Morgan fingerprint density at radius 2 is 1.67 bits per heavy atom. The zero-order valence-corrected chi connectivity index (χ0v) is 10.5. The van der Waals surface area contributed by atoms with Crippen LogP contribution in [0.15, 0.2) is 60.9 Å². The highest BCUT2D eigenvalue weighted by Crippen LogP contribution is 2.30. The number of hydrogen-bond donors (Lipinski definition) is 0. The van der Waals surface area contributed by atoms with E-state index in [4.69, 9.17) is 4.74 Å². The molecule has 1 heteroatoms. The molecule has 0 bridgehead atoms. The molecule has 1 unspecified atom stereocenters. The van der Waals surface area contributed by atoms with E-state index in [1.54, 1.807) is 0 Å². The Hall–Kier alpha value is -2.02. The SMILES string of the molecule is CC1Cc2ccccc2C(c2ccccc2)=CO1. The first-order chi connectivity index (χ1) is 8.84. The van der Waals surface area contributed by atoms with E-state index in [0.29, 0.717) is 0 Å². The van der Waals surface area contributed by atoms with Crippen LogP contribution in [0.2, 0.25) is 0 Å². The fraction of sp³-hybridized carbons (Fsp3) is 0.176. The van der Waals surface area contributed by atoms with E-state index in [0.717, 1.165) is 6.42 Å². The largest absolute Gasteiger partial charge is 0.497 e. The van der Waals surface area contributed by atoms with Crippen LogP contribution in [0.25, 0.3) is 5.57 Å². The van der Waals surface area contributed by atoms with E-state index in [1.807, 2.05) is 12.3 Å². The Labute approximate surface area is 108 Å². The van der Waals surface area contributed by atoms with Crippen molar-refractivity contribution in [3.8, 4) is 0 Å². The highest BCUT2D eigenvalue weighted by molar-refractivity contribution is 5.81. The maximum atomic E-state index is 5.79. The van der Waals surface area contributed by atoms with Gasteiger partial charge < -0.3 is 4.74 Å². The van der Waals surface area contributed by atoms with Crippen LogP contribution in [-0.4, -0.2) is 6.10 Å². The van der Waals surface area contributed by atoms with Gasteiger partial charge in [0.1, 0.15) is 0 Å². The summed E-state index contributed by atoms with van der Waals surface area (Å²) < 4.78 is 5.79. The summed E-state index contributed by atoms with van der Waals surface area (Å²) in [5.74, 6) is 0. The van der Waals surface area contributed by atoms with Crippen LogP contribution in [0.4, 0.5) is 0 Å². The van der Waals surface area contributed by atoms with Gasteiger partial charge in [-0.3, -0.25) is 0 Å². The molecule has 0 saturated heterocycles. The molecule has 2 aromatic carbocycles. The molecular weight excluding hydrogens is 220 g/mol. The summed E-state index contributed by atoms with van der Waals surface area (Å²) in [7, 11) is 0. The molecule has 1 atom stereocenters. The molecule has 0 saturated carbocycles. The number of ether oxygens (including phenoxy) is 1. The van der Waals surface area contributed by atoms with Crippen LogP contribution in [-0.2, 0) is 11.2 Å². The van der Waals surface area contributed by atoms with Gasteiger partial charge in [-0.15, -0.1) is 0 Å². The molecule has 0 fully saturated rings. The standard InChI is InChI=1S/C17H16O/c1-13-11-15-9-5-6-10-16(15)17(12-18-13)14-7-3-2-4-8-14/h2-10,12-13H,11H2,1H3. The number of hydrogen-bond acceptors (Lipinski definition) is 1. The molecule has 0 radical (unpaired) electrons. The van der Waals surface area contributed by atoms with E-state index >= 15 is 0 Å². The molecular formula is C17H16O. The van der Waals surface area contributed by atoms with Crippen LogP contribution in [0.3, 0.4) is 0 Å². The quantitative estimate of drug-likeness (QED) is 0.726. The summed E-state index contributed by atoms with van der Waals surface area (Å²) in [6, 6.07) is 19.0. The van der Waals surface area contributed by atoms with Gasteiger partial charge >= 0.3 is 0 Å². The van der Waals surface area contributed by atoms with Gasteiger partial charge in [0, 0.05) is 12.0 Å². The lowest BCUT2D eigenvalue weighted by Crippen LogP contribution is -2.06.